The maximum atomic E-state index is 9.61. The topological polar surface area (TPSA) is 52.5 Å². The largest absolute Gasteiger partial charge is 0.396 e. The predicted octanol–water partition coefficient (Wildman–Crippen LogP) is 0.652. The van der Waals surface area contributed by atoms with Gasteiger partial charge in [-0.1, -0.05) is 12.8 Å². The van der Waals surface area contributed by atoms with Gasteiger partial charge in [0.15, 0.2) is 0 Å². The predicted molar refractivity (Wildman–Crippen MR) is 52.6 cm³/mol. The number of nitrogens with one attached hydrogen (secondary N) is 1. The zero-order valence-corrected chi connectivity index (χ0v) is 8.21. The molecule has 0 aromatic carbocycles. The highest BCUT2D eigenvalue weighted by Gasteiger charge is 2.21. The van der Waals surface area contributed by atoms with Gasteiger partial charge in [-0.2, -0.15) is 0 Å². The summed E-state index contributed by atoms with van der Waals surface area (Å²) in [6.45, 7) is 1.19. The highest BCUT2D eigenvalue weighted by molar-refractivity contribution is 4.79. The zero-order chi connectivity index (χ0) is 9.52. The molecule has 0 amide bonds. The second-order valence-electron chi connectivity index (χ2n) is 3.84. The average Bonchev–Trinajstić information content (AvgIpc) is 2.15. The van der Waals surface area contributed by atoms with Gasteiger partial charge in [0.05, 0.1) is 6.10 Å². The Morgan fingerprint density at radius 1 is 1.15 bits per heavy atom. The standard InChI is InChI=1S/C10H21NO2/c12-8-4-3-7-11-9-5-1-2-6-10(9)13/h9-13H,1-8H2/t9-,10-/m1/s1. The molecule has 2 atom stereocenters. The first kappa shape index (κ1) is 11.0. The lowest BCUT2D eigenvalue weighted by molar-refractivity contribution is 0.0907. The number of aliphatic hydroxyl groups excluding tert-OH is 2. The van der Waals surface area contributed by atoms with Gasteiger partial charge in [0.25, 0.3) is 0 Å². The van der Waals surface area contributed by atoms with Crippen molar-refractivity contribution in [1.29, 1.82) is 0 Å². The minimum atomic E-state index is -0.150. The number of unbranched alkanes of at least 4 members (excludes halogenated alkanes) is 1. The molecule has 0 radical (unpaired) electrons. The van der Waals surface area contributed by atoms with E-state index < -0.39 is 0 Å². The molecule has 0 heterocycles. The highest BCUT2D eigenvalue weighted by Crippen LogP contribution is 2.18. The van der Waals surface area contributed by atoms with Crippen molar-refractivity contribution >= 4 is 0 Å². The summed E-state index contributed by atoms with van der Waals surface area (Å²) in [6, 6.07) is 0.299. The Morgan fingerprint density at radius 3 is 2.62 bits per heavy atom. The lowest BCUT2D eigenvalue weighted by atomic mass is 9.92. The van der Waals surface area contributed by atoms with Crippen molar-refractivity contribution in [3.8, 4) is 0 Å². The van der Waals surface area contributed by atoms with Crippen molar-refractivity contribution in [3.63, 3.8) is 0 Å². The average molecular weight is 187 g/mol. The van der Waals surface area contributed by atoms with E-state index >= 15 is 0 Å². The molecule has 0 unspecified atom stereocenters. The molecule has 0 aromatic rings. The summed E-state index contributed by atoms with van der Waals surface area (Å²) in [5, 5.41) is 21.5. The molecule has 0 saturated heterocycles. The van der Waals surface area contributed by atoms with E-state index in [2.05, 4.69) is 5.32 Å². The number of rotatable bonds is 5. The Labute approximate surface area is 80.2 Å². The molecule has 1 rings (SSSR count). The third-order valence-electron chi connectivity index (χ3n) is 2.72. The number of hydrogen-bond donors (Lipinski definition) is 3. The first-order chi connectivity index (χ1) is 6.34. The van der Waals surface area contributed by atoms with Crippen LogP contribution in [0, 0.1) is 0 Å². The van der Waals surface area contributed by atoms with Crippen LogP contribution in [0.1, 0.15) is 38.5 Å². The monoisotopic (exact) mass is 187 g/mol. The molecule has 1 saturated carbocycles. The van der Waals surface area contributed by atoms with Gasteiger partial charge in [-0.25, -0.2) is 0 Å². The Balaban J connectivity index is 2.05. The smallest absolute Gasteiger partial charge is 0.0693 e. The molecular weight excluding hydrogens is 166 g/mol. The lowest BCUT2D eigenvalue weighted by Gasteiger charge is -2.28. The Hall–Kier alpha value is -0.120. The first-order valence-corrected chi connectivity index (χ1v) is 5.37. The molecule has 3 N–H and O–H groups in total. The van der Waals surface area contributed by atoms with E-state index in [0.717, 1.165) is 38.6 Å². The molecule has 13 heavy (non-hydrogen) atoms. The quantitative estimate of drug-likeness (QED) is 0.554. The van der Waals surface area contributed by atoms with Gasteiger partial charge in [0.2, 0.25) is 0 Å². The molecule has 1 aliphatic carbocycles. The van der Waals surface area contributed by atoms with Crippen molar-refractivity contribution in [2.75, 3.05) is 13.2 Å². The molecule has 78 valence electrons. The molecule has 0 bridgehead atoms. The summed E-state index contributed by atoms with van der Waals surface area (Å²) in [5.74, 6) is 0. The Bertz CT molecular complexity index is 130. The normalized spacial score (nSPS) is 29.1. The van der Waals surface area contributed by atoms with Crippen LogP contribution in [0.15, 0.2) is 0 Å². The fraction of sp³-hybridized carbons (Fsp3) is 1.00. The summed E-state index contributed by atoms with van der Waals surface area (Å²) in [4.78, 5) is 0. The first-order valence-electron chi connectivity index (χ1n) is 5.37. The van der Waals surface area contributed by atoms with Crippen LogP contribution < -0.4 is 5.32 Å². The minimum Gasteiger partial charge on any atom is -0.396 e. The van der Waals surface area contributed by atoms with Crippen LogP contribution in [0.2, 0.25) is 0 Å². The molecule has 1 fully saturated rings. The van der Waals surface area contributed by atoms with E-state index in [1.807, 2.05) is 0 Å². The number of hydrogen-bond acceptors (Lipinski definition) is 3. The van der Waals surface area contributed by atoms with Crippen molar-refractivity contribution < 1.29 is 10.2 Å². The maximum Gasteiger partial charge on any atom is 0.0693 e. The van der Waals surface area contributed by atoms with Crippen LogP contribution in [0.25, 0.3) is 0 Å². The maximum absolute atomic E-state index is 9.61. The summed E-state index contributed by atoms with van der Waals surface area (Å²) in [6.07, 6.45) is 6.14. The van der Waals surface area contributed by atoms with Crippen LogP contribution in [0.3, 0.4) is 0 Å². The number of aliphatic hydroxyl groups is 2. The second-order valence-corrected chi connectivity index (χ2v) is 3.84. The molecule has 3 heteroatoms. The van der Waals surface area contributed by atoms with Crippen molar-refractivity contribution in [2.24, 2.45) is 0 Å². The van der Waals surface area contributed by atoms with E-state index in [9.17, 15) is 5.11 Å². The van der Waals surface area contributed by atoms with Crippen LogP contribution in [0.4, 0.5) is 0 Å². The zero-order valence-electron chi connectivity index (χ0n) is 8.21. The Morgan fingerprint density at radius 2 is 1.92 bits per heavy atom. The molecular formula is C10H21NO2. The fourth-order valence-corrected chi connectivity index (χ4v) is 1.87. The van der Waals surface area contributed by atoms with Crippen molar-refractivity contribution in [3.05, 3.63) is 0 Å². The van der Waals surface area contributed by atoms with Crippen LogP contribution in [0.5, 0.6) is 0 Å². The van der Waals surface area contributed by atoms with E-state index in [0.29, 0.717) is 6.04 Å². The molecule has 3 nitrogen and oxygen atoms in total. The van der Waals surface area contributed by atoms with E-state index in [-0.39, 0.29) is 12.7 Å². The third-order valence-corrected chi connectivity index (χ3v) is 2.72. The summed E-state index contributed by atoms with van der Waals surface area (Å²) >= 11 is 0. The molecule has 0 spiro atoms. The van der Waals surface area contributed by atoms with Gasteiger partial charge in [-0.05, 0) is 32.2 Å². The molecule has 0 aliphatic heterocycles. The summed E-state index contributed by atoms with van der Waals surface area (Å²) in [5.41, 5.74) is 0. The molecule has 1 aliphatic rings. The molecule has 0 aromatic heterocycles. The third kappa shape index (κ3) is 4.07. The van der Waals surface area contributed by atoms with Crippen LogP contribution >= 0.6 is 0 Å². The second kappa shape index (κ2) is 6.35. The summed E-state index contributed by atoms with van der Waals surface area (Å²) in [7, 11) is 0. The van der Waals surface area contributed by atoms with Gasteiger partial charge < -0.3 is 15.5 Å². The van der Waals surface area contributed by atoms with Gasteiger partial charge in [0.1, 0.15) is 0 Å². The van der Waals surface area contributed by atoms with Gasteiger partial charge in [-0.15, -0.1) is 0 Å². The van der Waals surface area contributed by atoms with E-state index in [1.54, 1.807) is 0 Å². The summed E-state index contributed by atoms with van der Waals surface area (Å²) < 4.78 is 0. The van der Waals surface area contributed by atoms with Crippen molar-refractivity contribution in [2.45, 2.75) is 50.7 Å². The SMILES string of the molecule is OCCCCN[C@@H]1CCCC[C@H]1O. The van der Waals surface area contributed by atoms with E-state index in [1.165, 1.54) is 6.42 Å². The minimum absolute atomic E-state index is 0.150. The van der Waals surface area contributed by atoms with Gasteiger partial charge in [-0.3, -0.25) is 0 Å². The van der Waals surface area contributed by atoms with Crippen LogP contribution in [-0.4, -0.2) is 35.5 Å². The van der Waals surface area contributed by atoms with Crippen LogP contribution in [-0.2, 0) is 0 Å². The van der Waals surface area contributed by atoms with Gasteiger partial charge in [0, 0.05) is 12.6 Å². The highest BCUT2D eigenvalue weighted by atomic mass is 16.3. The van der Waals surface area contributed by atoms with E-state index in [4.69, 9.17) is 5.11 Å². The fourth-order valence-electron chi connectivity index (χ4n) is 1.87. The lowest BCUT2D eigenvalue weighted by Crippen LogP contribution is -2.42. The Kier molecular flexibility index (Phi) is 5.35. The van der Waals surface area contributed by atoms with Crippen molar-refractivity contribution in [1.82, 2.24) is 5.32 Å². The van der Waals surface area contributed by atoms with Gasteiger partial charge >= 0.3 is 0 Å².